The maximum absolute atomic E-state index is 5.36. The highest BCUT2D eigenvalue weighted by Gasteiger charge is 1.94. The summed E-state index contributed by atoms with van der Waals surface area (Å²) >= 11 is 0. The molecule has 0 aromatic rings. The van der Waals surface area contributed by atoms with Crippen LogP contribution in [-0.2, 0) is 9.47 Å². The maximum atomic E-state index is 5.36. The average Bonchev–Trinajstić information content (AvgIpc) is 2.09. The van der Waals surface area contributed by atoms with Crippen molar-refractivity contribution in [3.8, 4) is 0 Å². The largest absolute Gasteiger partial charge is 0.382 e. The van der Waals surface area contributed by atoms with Crippen molar-refractivity contribution in [2.45, 2.75) is 39.5 Å². The summed E-state index contributed by atoms with van der Waals surface area (Å²) in [6.07, 6.45) is 5.17. The third-order valence-electron chi connectivity index (χ3n) is 2.00. The van der Waals surface area contributed by atoms with E-state index in [1.165, 1.54) is 25.7 Å². The van der Waals surface area contributed by atoms with Gasteiger partial charge in [-0.2, -0.15) is 0 Å². The SMILES string of the molecule is COCCOCCCCCC(C)C. The molecule has 0 aliphatic heterocycles. The number of rotatable bonds is 9. The minimum absolute atomic E-state index is 0.714. The van der Waals surface area contributed by atoms with Crippen LogP contribution in [0.4, 0.5) is 0 Å². The van der Waals surface area contributed by atoms with Crippen LogP contribution in [0, 0.1) is 5.92 Å². The lowest BCUT2D eigenvalue weighted by Crippen LogP contribution is -2.02. The van der Waals surface area contributed by atoms with E-state index in [1.54, 1.807) is 7.11 Å². The van der Waals surface area contributed by atoms with Gasteiger partial charge in [0.1, 0.15) is 0 Å². The summed E-state index contributed by atoms with van der Waals surface area (Å²) in [6.45, 7) is 6.89. The van der Waals surface area contributed by atoms with E-state index in [9.17, 15) is 0 Å². The number of unbranched alkanes of at least 4 members (excludes halogenated alkanes) is 2. The van der Waals surface area contributed by atoms with E-state index < -0.39 is 0 Å². The Labute approximate surface area is 82.6 Å². The fraction of sp³-hybridized carbons (Fsp3) is 1.00. The Morgan fingerprint density at radius 2 is 1.69 bits per heavy atom. The summed E-state index contributed by atoms with van der Waals surface area (Å²) < 4.78 is 10.2. The fourth-order valence-electron chi connectivity index (χ4n) is 1.18. The first-order valence-corrected chi connectivity index (χ1v) is 5.34. The molecular weight excluding hydrogens is 164 g/mol. The monoisotopic (exact) mass is 188 g/mol. The molecule has 0 aliphatic rings. The molecule has 0 saturated carbocycles. The van der Waals surface area contributed by atoms with Gasteiger partial charge in [-0.05, 0) is 12.3 Å². The third kappa shape index (κ3) is 11.9. The van der Waals surface area contributed by atoms with Crippen molar-refractivity contribution in [2.24, 2.45) is 5.92 Å². The molecule has 13 heavy (non-hydrogen) atoms. The van der Waals surface area contributed by atoms with Crippen LogP contribution in [0.25, 0.3) is 0 Å². The lowest BCUT2D eigenvalue weighted by molar-refractivity contribution is 0.0685. The molecule has 2 nitrogen and oxygen atoms in total. The molecule has 0 amide bonds. The Morgan fingerprint density at radius 3 is 2.31 bits per heavy atom. The van der Waals surface area contributed by atoms with Crippen LogP contribution < -0.4 is 0 Å². The van der Waals surface area contributed by atoms with Crippen LogP contribution in [0.1, 0.15) is 39.5 Å². The lowest BCUT2D eigenvalue weighted by atomic mass is 10.1. The van der Waals surface area contributed by atoms with Gasteiger partial charge >= 0.3 is 0 Å². The molecule has 2 heteroatoms. The number of methoxy groups -OCH3 is 1. The number of hydrogen-bond donors (Lipinski definition) is 0. The molecule has 0 aromatic carbocycles. The van der Waals surface area contributed by atoms with Gasteiger partial charge in [-0.15, -0.1) is 0 Å². The maximum Gasteiger partial charge on any atom is 0.0700 e. The first-order chi connectivity index (χ1) is 6.27. The second-order valence-electron chi connectivity index (χ2n) is 3.85. The van der Waals surface area contributed by atoms with E-state index in [2.05, 4.69) is 13.8 Å². The van der Waals surface area contributed by atoms with Crippen molar-refractivity contribution in [2.75, 3.05) is 26.9 Å². The molecular formula is C11H24O2. The summed E-state index contributed by atoms with van der Waals surface area (Å²) in [6, 6.07) is 0. The smallest absolute Gasteiger partial charge is 0.0700 e. The van der Waals surface area contributed by atoms with Gasteiger partial charge in [0.25, 0.3) is 0 Å². The van der Waals surface area contributed by atoms with Gasteiger partial charge in [-0.25, -0.2) is 0 Å². The second kappa shape index (κ2) is 10.0. The summed E-state index contributed by atoms with van der Waals surface area (Å²) in [5.74, 6) is 0.842. The Morgan fingerprint density at radius 1 is 0.923 bits per heavy atom. The first-order valence-electron chi connectivity index (χ1n) is 5.34. The molecule has 0 fully saturated rings. The predicted octanol–water partition coefficient (Wildman–Crippen LogP) is 2.87. The summed E-state index contributed by atoms with van der Waals surface area (Å²) in [5.41, 5.74) is 0. The van der Waals surface area contributed by atoms with Crippen LogP contribution in [-0.4, -0.2) is 26.9 Å². The minimum Gasteiger partial charge on any atom is -0.382 e. The highest BCUT2D eigenvalue weighted by molar-refractivity contribution is 4.46. The van der Waals surface area contributed by atoms with Gasteiger partial charge in [0.05, 0.1) is 13.2 Å². The molecule has 0 heterocycles. The second-order valence-corrected chi connectivity index (χ2v) is 3.85. The van der Waals surface area contributed by atoms with E-state index in [0.29, 0.717) is 6.61 Å². The highest BCUT2D eigenvalue weighted by Crippen LogP contribution is 2.07. The van der Waals surface area contributed by atoms with Gasteiger partial charge in [-0.3, -0.25) is 0 Å². The van der Waals surface area contributed by atoms with E-state index in [4.69, 9.17) is 9.47 Å². The third-order valence-corrected chi connectivity index (χ3v) is 2.00. The van der Waals surface area contributed by atoms with Crippen LogP contribution >= 0.6 is 0 Å². The topological polar surface area (TPSA) is 18.5 Å². The summed E-state index contributed by atoms with van der Waals surface area (Å²) in [4.78, 5) is 0. The summed E-state index contributed by atoms with van der Waals surface area (Å²) in [7, 11) is 1.70. The minimum atomic E-state index is 0.714. The van der Waals surface area contributed by atoms with Crippen molar-refractivity contribution < 1.29 is 9.47 Å². The molecule has 0 rings (SSSR count). The van der Waals surface area contributed by atoms with Crippen LogP contribution in [0.5, 0.6) is 0 Å². The van der Waals surface area contributed by atoms with E-state index >= 15 is 0 Å². The zero-order chi connectivity index (χ0) is 9.94. The lowest BCUT2D eigenvalue weighted by Gasteiger charge is -2.05. The summed E-state index contributed by atoms with van der Waals surface area (Å²) in [5, 5.41) is 0. The van der Waals surface area contributed by atoms with E-state index in [-0.39, 0.29) is 0 Å². The van der Waals surface area contributed by atoms with Gasteiger partial charge in [0.2, 0.25) is 0 Å². The van der Waals surface area contributed by atoms with Gasteiger partial charge in [0.15, 0.2) is 0 Å². The van der Waals surface area contributed by atoms with Crippen molar-refractivity contribution in [1.29, 1.82) is 0 Å². The van der Waals surface area contributed by atoms with Crippen LogP contribution in [0.3, 0.4) is 0 Å². The van der Waals surface area contributed by atoms with Crippen molar-refractivity contribution >= 4 is 0 Å². The molecule has 0 atom stereocenters. The van der Waals surface area contributed by atoms with E-state index in [0.717, 1.165) is 19.1 Å². The fourth-order valence-corrected chi connectivity index (χ4v) is 1.18. The van der Waals surface area contributed by atoms with Gasteiger partial charge < -0.3 is 9.47 Å². The standard InChI is InChI=1S/C11H24O2/c1-11(2)7-5-4-6-8-13-10-9-12-3/h11H,4-10H2,1-3H3. The molecule has 0 aromatic heterocycles. The van der Waals surface area contributed by atoms with Crippen molar-refractivity contribution in [3.63, 3.8) is 0 Å². The molecule has 0 aliphatic carbocycles. The predicted molar refractivity (Wildman–Crippen MR) is 56.0 cm³/mol. The Balaban J connectivity index is 2.84. The van der Waals surface area contributed by atoms with E-state index in [1.807, 2.05) is 0 Å². The normalized spacial score (nSPS) is 11.1. The van der Waals surface area contributed by atoms with Crippen LogP contribution in [0.2, 0.25) is 0 Å². The highest BCUT2D eigenvalue weighted by atomic mass is 16.5. The first kappa shape index (κ1) is 12.9. The number of ether oxygens (including phenoxy) is 2. The zero-order valence-electron chi connectivity index (χ0n) is 9.34. The van der Waals surface area contributed by atoms with Crippen molar-refractivity contribution in [1.82, 2.24) is 0 Å². The van der Waals surface area contributed by atoms with Gasteiger partial charge in [-0.1, -0.05) is 33.1 Å². The van der Waals surface area contributed by atoms with Crippen LogP contribution in [0.15, 0.2) is 0 Å². The quantitative estimate of drug-likeness (QED) is 0.518. The molecule has 80 valence electrons. The molecule has 0 N–H and O–H groups in total. The number of hydrogen-bond acceptors (Lipinski definition) is 2. The molecule has 0 bridgehead atoms. The Hall–Kier alpha value is -0.0800. The zero-order valence-corrected chi connectivity index (χ0v) is 9.34. The molecule has 0 saturated heterocycles. The molecule has 0 unspecified atom stereocenters. The Kier molecular flexibility index (Phi) is 9.94. The average molecular weight is 188 g/mol. The molecule has 0 spiro atoms. The van der Waals surface area contributed by atoms with Crippen molar-refractivity contribution in [3.05, 3.63) is 0 Å². The molecule has 0 radical (unpaired) electrons. The van der Waals surface area contributed by atoms with Gasteiger partial charge in [0, 0.05) is 13.7 Å². The Bertz CT molecular complexity index is 92.1.